The number of benzene rings is 2. The van der Waals surface area contributed by atoms with Crippen LogP contribution >= 0.6 is 0 Å². The Bertz CT molecular complexity index is 585. The fraction of sp³-hybridized carbons (Fsp3) is 0.364. The third kappa shape index (κ3) is 2.52. The van der Waals surface area contributed by atoms with Crippen LogP contribution in [0.25, 0.3) is 5.57 Å². The Labute approximate surface area is 133 Å². The predicted octanol–water partition coefficient (Wildman–Crippen LogP) is 6.09. The zero-order valence-corrected chi connectivity index (χ0v) is 13.2. The number of allylic oxidation sites excluding steroid dienone is 1. The highest BCUT2D eigenvalue weighted by molar-refractivity contribution is 5.82. The molecule has 2 saturated carbocycles. The molecule has 2 aliphatic rings. The lowest BCUT2D eigenvalue weighted by molar-refractivity contribution is 0.279. The standard InChI is InChI=1S/C22H24/c1-3-9-17(10-4-1)21(18-11-5-2-6-12-18)22-19-13-7-14-20(22)16-8-15-19/h1-6,9-12,19-20H,7-8,13-16H2. The fourth-order valence-corrected chi connectivity index (χ4v) is 4.58. The molecule has 0 spiro atoms. The topological polar surface area (TPSA) is 0 Å². The summed E-state index contributed by atoms with van der Waals surface area (Å²) in [5.41, 5.74) is 6.12. The molecule has 2 bridgehead atoms. The van der Waals surface area contributed by atoms with E-state index in [9.17, 15) is 0 Å². The lowest BCUT2D eigenvalue weighted by atomic mass is 9.65. The first kappa shape index (κ1) is 13.8. The molecular weight excluding hydrogens is 264 g/mol. The zero-order valence-electron chi connectivity index (χ0n) is 13.2. The summed E-state index contributed by atoms with van der Waals surface area (Å²) in [5, 5.41) is 0. The molecule has 0 aliphatic heterocycles. The van der Waals surface area contributed by atoms with Gasteiger partial charge in [-0.25, -0.2) is 0 Å². The molecule has 0 aromatic heterocycles. The maximum Gasteiger partial charge on any atom is -0.0114 e. The Kier molecular flexibility index (Phi) is 3.84. The van der Waals surface area contributed by atoms with Crippen molar-refractivity contribution in [2.45, 2.75) is 38.5 Å². The summed E-state index contributed by atoms with van der Waals surface area (Å²) in [7, 11) is 0. The van der Waals surface area contributed by atoms with Gasteiger partial charge in [0.2, 0.25) is 0 Å². The molecule has 0 unspecified atom stereocenters. The summed E-state index contributed by atoms with van der Waals surface area (Å²) >= 11 is 0. The lowest BCUT2D eigenvalue weighted by Gasteiger charge is -2.39. The van der Waals surface area contributed by atoms with Crippen LogP contribution in [0.4, 0.5) is 0 Å². The maximum atomic E-state index is 2.29. The van der Waals surface area contributed by atoms with Gasteiger partial charge in [-0.3, -0.25) is 0 Å². The van der Waals surface area contributed by atoms with Crippen LogP contribution in [0, 0.1) is 11.8 Å². The van der Waals surface area contributed by atoms with E-state index in [1.807, 2.05) is 0 Å². The monoisotopic (exact) mass is 288 g/mol. The summed E-state index contributed by atoms with van der Waals surface area (Å²) < 4.78 is 0. The van der Waals surface area contributed by atoms with Crippen LogP contribution in [-0.2, 0) is 0 Å². The van der Waals surface area contributed by atoms with Crippen molar-refractivity contribution in [3.8, 4) is 0 Å². The Balaban J connectivity index is 1.92. The maximum absolute atomic E-state index is 2.29. The van der Waals surface area contributed by atoms with Gasteiger partial charge < -0.3 is 0 Å². The van der Waals surface area contributed by atoms with E-state index >= 15 is 0 Å². The highest BCUT2D eigenvalue weighted by Crippen LogP contribution is 2.48. The molecule has 0 amide bonds. The molecule has 0 heteroatoms. The van der Waals surface area contributed by atoms with E-state index in [-0.39, 0.29) is 0 Å². The van der Waals surface area contributed by atoms with Crippen LogP contribution in [0.2, 0.25) is 0 Å². The molecule has 4 rings (SSSR count). The van der Waals surface area contributed by atoms with Crippen molar-refractivity contribution in [1.82, 2.24) is 0 Å². The molecule has 0 radical (unpaired) electrons. The van der Waals surface area contributed by atoms with E-state index in [0.29, 0.717) is 0 Å². The molecule has 2 aromatic carbocycles. The fourth-order valence-electron chi connectivity index (χ4n) is 4.58. The van der Waals surface area contributed by atoms with E-state index in [0.717, 1.165) is 11.8 Å². The smallest absolute Gasteiger partial charge is 0.0114 e. The Morgan fingerprint density at radius 1 is 0.591 bits per heavy atom. The number of hydrogen-bond donors (Lipinski definition) is 0. The lowest BCUT2D eigenvalue weighted by Crippen LogP contribution is -2.25. The van der Waals surface area contributed by atoms with Gasteiger partial charge in [0.25, 0.3) is 0 Å². The van der Waals surface area contributed by atoms with Crippen molar-refractivity contribution in [1.29, 1.82) is 0 Å². The number of rotatable bonds is 2. The van der Waals surface area contributed by atoms with Gasteiger partial charge in [-0.15, -0.1) is 0 Å². The second-order valence-corrected chi connectivity index (χ2v) is 6.82. The molecule has 0 heterocycles. The van der Waals surface area contributed by atoms with E-state index in [4.69, 9.17) is 0 Å². The van der Waals surface area contributed by atoms with Gasteiger partial charge in [0.05, 0.1) is 0 Å². The van der Waals surface area contributed by atoms with Crippen LogP contribution in [0.1, 0.15) is 49.7 Å². The molecule has 22 heavy (non-hydrogen) atoms. The summed E-state index contributed by atoms with van der Waals surface area (Å²) in [6.45, 7) is 0. The number of hydrogen-bond acceptors (Lipinski definition) is 0. The molecule has 112 valence electrons. The van der Waals surface area contributed by atoms with Crippen molar-refractivity contribution < 1.29 is 0 Å². The van der Waals surface area contributed by atoms with E-state index < -0.39 is 0 Å². The normalized spacial score (nSPS) is 24.1. The second kappa shape index (κ2) is 6.12. The summed E-state index contributed by atoms with van der Waals surface area (Å²) in [6.07, 6.45) is 8.44. The molecule has 0 saturated heterocycles. The first-order chi connectivity index (χ1) is 10.9. The molecule has 2 aliphatic carbocycles. The summed E-state index contributed by atoms with van der Waals surface area (Å²) in [5.74, 6) is 1.64. The summed E-state index contributed by atoms with van der Waals surface area (Å²) in [4.78, 5) is 0. The van der Waals surface area contributed by atoms with Crippen molar-refractivity contribution in [2.24, 2.45) is 11.8 Å². The van der Waals surface area contributed by atoms with Crippen LogP contribution in [0.5, 0.6) is 0 Å². The molecule has 2 aromatic rings. The zero-order chi connectivity index (χ0) is 14.8. The van der Waals surface area contributed by atoms with Crippen molar-refractivity contribution >= 4 is 5.57 Å². The average Bonchev–Trinajstić information content (AvgIpc) is 2.57. The molecule has 0 atom stereocenters. The van der Waals surface area contributed by atoms with E-state index in [2.05, 4.69) is 60.7 Å². The highest BCUT2D eigenvalue weighted by Gasteiger charge is 2.33. The van der Waals surface area contributed by atoms with Crippen LogP contribution in [-0.4, -0.2) is 0 Å². The van der Waals surface area contributed by atoms with Gasteiger partial charge in [-0.1, -0.05) is 79.1 Å². The van der Waals surface area contributed by atoms with Gasteiger partial charge in [-0.05, 0) is 54.2 Å². The van der Waals surface area contributed by atoms with Crippen molar-refractivity contribution in [2.75, 3.05) is 0 Å². The van der Waals surface area contributed by atoms with Crippen molar-refractivity contribution in [3.05, 3.63) is 77.4 Å². The number of fused-ring (bicyclic) bond motifs is 2. The van der Waals surface area contributed by atoms with Gasteiger partial charge in [-0.2, -0.15) is 0 Å². The van der Waals surface area contributed by atoms with Crippen LogP contribution < -0.4 is 0 Å². The van der Waals surface area contributed by atoms with Gasteiger partial charge in [0, 0.05) is 0 Å². The van der Waals surface area contributed by atoms with Gasteiger partial charge in [0.1, 0.15) is 0 Å². The average molecular weight is 288 g/mol. The Morgan fingerprint density at radius 2 is 1.00 bits per heavy atom. The van der Waals surface area contributed by atoms with E-state index in [1.54, 1.807) is 5.57 Å². The van der Waals surface area contributed by atoms with Crippen LogP contribution in [0.3, 0.4) is 0 Å². The minimum Gasteiger partial charge on any atom is -0.0622 e. The van der Waals surface area contributed by atoms with Gasteiger partial charge in [0.15, 0.2) is 0 Å². The molecule has 0 nitrogen and oxygen atoms in total. The Morgan fingerprint density at radius 3 is 1.41 bits per heavy atom. The molecule has 0 N–H and O–H groups in total. The quantitative estimate of drug-likeness (QED) is 0.627. The predicted molar refractivity (Wildman–Crippen MR) is 93.6 cm³/mol. The Hall–Kier alpha value is -1.82. The largest absolute Gasteiger partial charge is 0.0622 e. The summed E-state index contributed by atoms with van der Waals surface area (Å²) in [6, 6.07) is 22.1. The minimum absolute atomic E-state index is 0.822. The SMILES string of the molecule is c1ccc(C(=C2C3CCCC2CCC3)c2ccccc2)cc1. The first-order valence-corrected chi connectivity index (χ1v) is 8.78. The van der Waals surface area contributed by atoms with E-state index in [1.165, 1.54) is 55.2 Å². The van der Waals surface area contributed by atoms with Gasteiger partial charge >= 0.3 is 0 Å². The second-order valence-electron chi connectivity index (χ2n) is 6.82. The molecule has 2 fully saturated rings. The third-order valence-corrected chi connectivity index (χ3v) is 5.50. The van der Waals surface area contributed by atoms with Crippen molar-refractivity contribution in [3.63, 3.8) is 0 Å². The van der Waals surface area contributed by atoms with Crippen LogP contribution in [0.15, 0.2) is 66.2 Å². The third-order valence-electron chi connectivity index (χ3n) is 5.50. The molecular formula is C22H24. The minimum atomic E-state index is 0.822. The highest BCUT2D eigenvalue weighted by atomic mass is 14.4. The first-order valence-electron chi connectivity index (χ1n) is 8.78.